The topological polar surface area (TPSA) is 92.0 Å². The predicted molar refractivity (Wildman–Crippen MR) is 141 cm³/mol. The first-order chi connectivity index (χ1) is 18.3. The molecular weight excluding hydrogens is 483 g/mol. The highest BCUT2D eigenvalue weighted by Gasteiger charge is 2.35. The van der Waals surface area contributed by atoms with E-state index in [9.17, 15) is 14.0 Å². The van der Waals surface area contributed by atoms with Crippen LogP contribution in [0.1, 0.15) is 45.6 Å². The molecule has 1 N–H and O–H groups in total. The molecule has 2 aromatic carbocycles. The molecule has 9 heteroatoms. The van der Waals surface area contributed by atoms with E-state index in [1.807, 2.05) is 30.0 Å². The van der Waals surface area contributed by atoms with Gasteiger partial charge in [-0.15, -0.1) is 0 Å². The molecule has 0 bridgehead atoms. The number of fused-ring (bicyclic) bond motifs is 1. The summed E-state index contributed by atoms with van der Waals surface area (Å²) in [6.07, 6.45) is 2.94. The second kappa shape index (κ2) is 10.7. The van der Waals surface area contributed by atoms with Gasteiger partial charge in [0, 0.05) is 56.2 Å². The summed E-state index contributed by atoms with van der Waals surface area (Å²) in [7, 11) is 3.45. The number of amides is 2. The molecule has 8 nitrogen and oxygen atoms in total. The largest absolute Gasteiger partial charge is 0.382 e. The van der Waals surface area contributed by atoms with E-state index in [1.165, 1.54) is 6.07 Å². The molecule has 0 saturated carbocycles. The Morgan fingerprint density at radius 2 is 1.95 bits per heavy atom. The molecule has 38 heavy (non-hydrogen) atoms. The number of carbonyl (C=O) groups is 2. The monoisotopic (exact) mass is 513 g/mol. The fraction of sp³-hybridized carbons (Fsp3) is 0.310. The van der Waals surface area contributed by atoms with Gasteiger partial charge >= 0.3 is 5.71 Å². The maximum absolute atomic E-state index is 14.4. The van der Waals surface area contributed by atoms with E-state index in [0.717, 1.165) is 16.8 Å². The number of likely N-dealkylation sites (N-methyl/N-ethyl adjacent to an activating group) is 1. The molecule has 1 saturated heterocycles. The molecule has 0 radical (unpaired) electrons. The van der Waals surface area contributed by atoms with Crippen molar-refractivity contribution in [2.45, 2.75) is 38.4 Å². The summed E-state index contributed by atoms with van der Waals surface area (Å²) in [5, 5.41) is 7.39. The molecule has 2 unspecified atom stereocenters. The quantitative estimate of drug-likeness (QED) is 0.400. The Hall–Kier alpha value is -4.20. The number of likely N-dealkylation sites (tertiary alicyclic amines) is 1. The molecule has 2 amide bonds. The van der Waals surface area contributed by atoms with Crippen LogP contribution in [0.15, 0.2) is 65.9 Å². The number of rotatable bonds is 6. The zero-order valence-corrected chi connectivity index (χ0v) is 21.7. The molecule has 3 aromatic rings. The summed E-state index contributed by atoms with van der Waals surface area (Å²) in [6.45, 7) is 2.64. The number of hydrogen-bond donors (Lipinski definition) is 1. The third-order valence-corrected chi connectivity index (χ3v) is 7.02. The van der Waals surface area contributed by atoms with E-state index in [0.29, 0.717) is 41.9 Å². The molecule has 2 aliphatic rings. The van der Waals surface area contributed by atoms with E-state index in [2.05, 4.69) is 20.2 Å². The van der Waals surface area contributed by atoms with Gasteiger partial charge in [0.1, 0.15) is 16.5 Å². The highest BCUT2D eigenvalue weighted by molar-refractivity contribution is 6.14. The van der Waals surface area contributed by atoms with Gasteiger partial charge in [-0.25, -0.2) is 4.39 Å². The number of benzene rings is 2. The van der Waals surface area contributed by atoms with Gasteiger partial charge in [-0.05, 0) is 56.2 Å². The van der Waals surface area contributed by atoms with Gasteiger partial charge in [-0.3, -0.25) is 19.5 Å². The summed E-state index contributed by atoms with van der Waals surface area (Å²) >= 11 is 0. The smallest absolute Gasteiger partial charge is 0.348 e. The van der Waals surface area contributed by atoms with Gasteiger partial charge in [0.2, 0.25) is 5.91 Å². The van der Waals surface area contributed by atoms with E-state index in [1.54, 1.807) is 55.5 Å². The second-order valence-electron chi connectivity index (χ2n) is 9.98. The van der Waals surface area contributed by atoms with Crippen LogP contribution in [-0.4, -0.2) is 69.8 Å². The highest BCUT2D eigenvalue weighted by atomic mass is 19.1. The lowest BCUT2D eigenvalue weighted by atomic mass is 9.95. The summed E-state index contributed by atoms with van der Waals surface area (Å²) in [4.78, 5) is 38.3. The van der Waals surface area contributed by atoms with E-state index in [4.69, 9.17) is 0 Å². The fourth-order valence-electron chi connectivity index (χ4n) is 5.05. The summed E-state index contributed by atoms with van der Waals surface area (Å²) in [5.41, 5.74) is 5.01. The van der Waals surface area contributed by atoms with Gasteiger partial charge in [0.05, 0.1) is 16.4 Å². The number of nitrogens with one attached hydrogen (secondary N) is 1. The highest BCUT2D eigenvalue weighted by Crippen LogP contribution is 2.27. The number of hydrogen-bond acceptors (Lipinski definition) is 5. The van der Waals surface area contributed by atoms with Crippen molar-refractivity contribution < 1.29 is 18.8 Å². The van der Waals surface area contributed by atoms with Crippen LogP contribution in [-0.2, 0) is 11.3 Å². The molecule has 5 rings (SSSR count). The van der Waals surface area contributed by atoms with Crippen molar-refractivity contribution in [1.82, 2.24) is 20.1 Å². The molecule has 0 spiro atoms. The van der Waals surface area contributed by atoms with E-state index >= 15 is 0 Å². The van der Waals surface area contributed by atoms with Crippen LogP contribution < -0.4 is 5.32 Å². The van der Waals surface area contributed by atoms with Crippen LogP contribution in [0.3, 0.4) is 0 Å². The van der Waals surface area contributed by atoms with Crippen LogP contribution in [0.5, 0.6) is 0 Å². The third-order valence-electron chi connectivity index (χ3n) is 7.02. The standard InChI is InChI=1S/C29H29FN6O2/c1-18-14-19(12-13-31-18)27-23-15-20(8-10-25(23)33-34-27)28(37)32-22-9-11-26(29(38)35(2)3)36(17-22)16-21-6-4-5-7-24(21)30/h4-8,10,12-15,22,26H,9,11,16-17H2,1-3H3/p+1. The predicted octanol–water partition coefficient (Wildman–Crippen LogP) is 3.52. The average Bonchev–Trinajstić information content (AvgIpc) is 3.33. The van der Waals surface area contributed by atoms with Crippen LogP contribution in [0, 0.1) is 12.7 Å². The molecule has 1 aromatic heterocycles. The van der Waals surface area contributed by atoms with E-state index < -0.39 is 0 Å². The molecular formula is C29H30FN6O2+. The average molecular weight is 514 g/mol. The van der Waals surface area contributed by atoms with Gasteiger partial charge in [-0.1, -0.05) is 18.2 Å². The maximum atomic E-state index is 14.4. The molecule has 3 heterocycles. The van der Waals surface area contributed by atoms with Gasteiger partial charge in [-0.2, -0.15) is 0 Å². The number of nitrogens with zero attached hydrogens (tertiary/aromatic N) is 5. The van der Waals surface area contributed by atoms with Crippen LogP contribution in [0.25, 0.3) is 0 Å². The minimum Gasteiger partial charge on any atom is -0.348 e. The maximum Gasteiger partial charge on any atom is 0.382 e. The van der Waals surface area contributed by atoms with Crippen molar-refractivity contribution in [2.75, 3.05) is 20.6 Å². The lowest BCUT2D eigenvalue weighted by Crippen LogP contribution is -2.56. The first-order valence-electron chi connectivity index (χ1n) is 12.7. The Bertz CT molecular complexity index is 1460. The Kier molecular flexibility index (Phi) is 7.13. The number of aryl methyl sites for hydroxylation is 1. The van der Waals surface area contributed by atoms with Crippen LogP contribution in [0.4, 0.5) is 10.1 Å². The van der Waals surface area contributed by atoms with Gasteiger partial charge < -0.3 is 10.2 Å². The zero-order chi connectivity index (χ0) is 26.8. The number of halogens is 1. The van der Waals surface area contributed by atoms with Crippen molar-refractivity contribution in [3.05, 3.63) is 94.6 Å². The van der Waals surface area contributed by atoms with E-state index in [-0.39, 0.29) is 36.3 Å². The Morgan fingerprint density at radius 3 is 2.71 bits per heavy atom. The normalized spacial score (nSPS) is 18.6. The van der Waals surface area contributed by atoms with Crippen molar-refractivity contribution in [2.24, 2.45) is 5.11 Å². The number of carbonyl (C=O) groups excluding carboxylic acids is 2. The molecule has 1 fully saturated rings. The third kappa shape index (κ3) is 5.25. The minimum absolute atomic E-state index is 0.0216. The first kappa shape index (κ1) is 25.4. The summed E-state index contributed by atoms with van der Waals surface area (Å²) < 4.78 is 14.4. The lowest BCUT2D eigenvalue weighted by Gasteiger charge is -2.40. The van der Waals surface area contributed by atoms with Crippen LogP contribution >= 0.6 is 0 Å². The Balaban J connectivity index is 1.32. The summed E-state index contributed by atoms with van der Waals surface area (Å²) in [5.74, 6) is -0.537. The number of piperidine rings is 1. The molecule has 2 aliphatic heterocycles. The number of aromatic nitrogens is 1. The van der Waals surface area contributed by atoms with Gasteiger partial charge in [0.15, 0.2) is 5.69 Å². The summed E-state index contributed by atoms with van der Waals surface area (Å²) in [6, 6.07) is 15.2. The second-order valence-corrected chi connectivity index (χ2v) is 9.98. The van der Waals surface area contributed by atoms with Crippen LogP contribution in [0.2, 0.25) is 0 Å². The lowest BCUT2D eigenvalue weighted by molar-refractivity contribution is -0.136. The molecule has 2 atom stereocenters. The minimum atomic E-state index is -0.373. The SMILES string of the molecule is Cc1cc(C2=[N+]=Nc3ccc(C(=O)NC4CCC(C(=O)N(C)C)N(Cc5ccccc5F)C4)cc32)ccn1. The van der Waals surface area contributed by atoms with Crippen molar-refractivity contribution >= 4 is 23.2 Å². The zero-order valence-electron chi connectivity index (χ0n) is 21.7. The van der Waals surface area contributed by atoms with Crippen molar-refractivity contribution in [3.8, 4) is 0 Å². The molecule has 0 aliphatic carbocycles. The first-order valence-corrected chi connectivity index (χ1v) is 12.7. The Labute approximate surface area is 220 Å². The Morgan fingerprint density at radius 1 is 1.13 bits per heavy atom. The fourth-order valence-corrected chi connectivity index (χ4v) is 5.05. The van der Waals surface area contributed by atoms with Crippen molar-refractivity contribution in [1.29, 1.82) is 0 Å². The van der Waals surface area contributed by atoms with Crippen molar-refractivity contribution in [3.63, 3.8) is 0 Å². The van der Waals surface area contributed by atoms with Gasteiger partial charge in [0.25, 0.3) is 5.91 Å². The number of pyridine rings is 1. The molecule has 194 valence electrons.